The molecule has 2 nitrogen and oxygen atoms in total. The highest BCUT2D eigenvalue weighted by Gasteiger charge is 2.48. The van der Waals surface area contributed by atoms with Crippen LogP contribution in [-0.2, 0) is 12.8 Å². The fourth-order valence-electron chi connectivity index (χ4n) is 7.51. The average Bonchev–Trinajstić information content (AvgIpc) is 3.36. The molecule has 0 aromatic heterocycles. The third kappa shape index (κ3) is 2.47. The van der Waals surface area contributed by atoms with Crippen LogP contribution in [-0.4, -0.2) is 6.04 Å². The van der Waals surface area contributed by atoms with E-state index in [0.29, 0.717) is 17.9 Å². The summed E-state index contributed by atoms with van der Waals surface area (Å²) >= 11 is 0. The lowest BCUT2D eigenvalue weighted by Crippen LogP contribution is -2.31. The Morgan fingerprint density at radius 2 is 1.47 bits per heavy atom. The summed E-state index contributed by atoms with van der Waals surface area (Å²) in [5.41, 5.74) is 16.4. The van der Waals surface area contributed by atoms with Crippen molar-refractivity contribution in [2.24, 2.45) is 5.92 Å². The van der Waals surface area contributed by atoms with Gasteiger partial charge in [-0.05, 0) is 102 Å². The predicted octanol–water partition coefficient (Wildman–Crippen LogP) is 7.73. The first kappa shape index (κ1) is 19.4. The summed E-state index contributed by atoms with van der Waals surface area (Å²) in [6, 6.07) is 27.4. The molecule has 9 rings (SSSR count). The Morgan fingerprint density at radius 1 is 0.722 bits per heavy atom. The molecule has 0 radical (unpaired) electrons. The molecule has 0 N–H and O–H groups in total. The zero-order valence-electron chi connectivity index (χ0n) is 20.3. The number of nitrogens with zero attached hydrogens (tertiary/aromatic N) is 2. The molecule has 3 atom stereocenters. The van der Waals surface area contributed by atoms with Crippen LogP contribution in [0.3, 0.4) is 0 Å². The lowest BCUT2D eigenvalue weighted by Gasteiger charge is -2.32. The minimum Gasteiger partial charge on any atom is -0.333 e. The first-order valence-corrected chi connectivity index (χ1v) is 13.5. The molecule has 1 saturated heterocycles. The number of para-hydroxylation sites is 2. The number of hydrogen-bond donors (Lipinski definition) is 0. The van der Waals surface area contributed by atoms with Gasteiger partial charge in [-0.15, -0.1) is 0 Å². The molecule has 2 aliphatic heterocycles. The highest BCUT2D eigenvalue weighted by Crippen LogP contribution is 2.58. The molecule has 0 bridgehead atoms. The summed E-state index contributed by atoms with van der Waals surface area (Å²) < 4.78 is 0. The quantitative estimate of drug-likeness (QED) is 0.383. The second-order valence-corrected chi connectivity index (χ2v) is 11.2. The number of anilines is 3. The van der Waals surface area contributed by atoms with Gasteiger partial charge in [-0.2, -0.15) is 0 Å². The van der Waals surface area contributed by atoms with Gasteiger partial charge >= 0.3 is 0 Å². The number of aryl methyl sites for hydroxylation is 2. The summed E-state index contributed by atoms with van der Waals surface area (Å²) in [6.07, 6.45) is 14.0. The largest absolute Gasteiger partial charge is 0.333 e. The van der Waals surface area contributed by atoms with Crippen molar-refractivity contribution in [2.75, 3.05) is 9.80 Å². The minimum absolute atomic E-state index is 0.298. The van der Waals surface area contributed by atoms with E-state index in [2.05, 4.69) is 101 Å². The van der Waals surface area contributed by atoms with E-state index < -0.39 is 0 Å². The molecule has 2 heteroatoms. The predicted molar refractivity (Wildman–Crippen MR) is 146 cm³/mol. The van der Waals surface area contributed by atoms with Gasteiger partial charge in [0.25, 0.3) is 0 Å². The molecule has 2 heterocycles. The third-order valence-electron chi connectivity index (χ3n) is 9.48. The number of rotatable bonds is 2. The number of benzene rings is 3. The summed E-state index contributed by atoms with van der Waals surface area (Å²) in [4.78, 5) is 5.20. The number of hydrogen-bond acceptors (Lipinski definition) is 2. The second kappa shape index (κ2) is 6.91. The maximum absolute atomic E-state index is 2.67. The zero-order valence-corrected chi connectivity index (χ0v) is 20.3. The molecule has 174 valence electrons. The Kier molecular flexibility index (Phi) is 3.73. The van der Waals surface area contributed by atoms with Crippen LogP contribution in [0.4, 0.5) is 17.1 Å². The van der Waals surface area contributed by atoms with Crippen LogP contribution >= 0.6 is 0 Å². The van der Waals surface area contributed by atoms with Crippen LogP contribution in [0, 0.1) is 5.92 Å². The van der Waals surface area contributed by atoms with Gasteiger partial charge in [-0.3, -0.25) is 0 Å². The van der Waals surface area contributed by atoms with Gasteiger partial charge in [0.2, 0.25) is 0 Å². The molecule has 36 heavy (non-hydrogen) atoms. The number of allylic oxidation sites excluding steroid dienone is 5. The smallest absolute Gasteiger partial charge is 0.0649 e. The van der Waals surface area contributed by atoms with E-state index in [0.717, 1.165) is 0 Å². The molecular weight excluding hydrogens is 436 g/mol. The van der Waals surface area contributed by atoms with Crippen molar-refractivity contribution in [3.8, 4) is 0 Å². The minimum atomic E-state index is 0.298. The molecule has 1 fully saturated rings. The molecule has 6 aliphatic rings. The maximum Gasteiger partial charge on any atom is 0.0649 e. The fourth-order valence-corrected chi connectivity index (χ4v) is 7.51. The zero-order chi connectivity index (χ0) is 23.4. The van der Waals surface area contributed by atoms with Crippen LogP contribution in [0.5, 0.6) is 0 Å². The van der Waals surface area contributed by atoms with Crippen LogP contribution in [0.15, 0.2) is 119 Å². The molecule has 3 unspecified atom stereocenters. The second-order valence-electron chi connectivity index (χ2n) is 11.2. The molecule has 4 aliphatic carbocycles. The Bertz CT molecular complexity index is 1570. The lowest BCUT2D eigenvalue weighted by atomic mass is 9.74. The van der Waals surface area contributed by atoms with Crippen LogP contribution in [0.1, 0.15) is 41.9 Å². The van der Waals surface area contributed by atoms with Gasteiger partial charge in [0.1, 0.15) is 0 Å². The Balaban J connectivity index is 1.26. The van der Waals surface area contributed by atoms with Crippen molar-refractivity contribution in [1.82, 2.24) is 0 Å². The van der Waals surface area contributed by atoms with Crippen LogP contribution in [0.25, 0.3) is 0 Å². The summed E-state index contributed by atoms with van der Waals surface area (Å²) in [7, 11) is 0. The highest BCUT2D eigenvalue weighted by molar-refractivity contribution is 5.80. The molecule has 3 aromatic carbocycles. The summed E-state index contributed by atoms with van der Waals surface area (Å²) in [5.74, 6) is 0.885. The van der Waals surface area contributed by atoms with Gasteiger partial charge in [-0.25, -0.2) is 0 Å². The van der Waals surface area contributed by atoms with Gasteiger partial charge in [0.15, 0.2) is 0 Å². The Hall–Kier alpha value is -3.78. The summed E-state index contributed by atoms with van der Waals surface area (Å²) in [6.45, 7) is 0. The SMILES string of the molecule is C1=C2C(=CC3C1c1cc4c(cc1N3c1ccccc1)CC4)N(c1ccccc1)C1=CC3=C(CC3)CC21. The topological polar surface area (TPSA) is 6.48 Å². The number of fused-ring (bicyclic) bond motifs is 7. The Labute approximate surface area is 212 Å². The molecule has 3 aromatic rings. The normalized spacial score (nSPS) is 26.3. The van der Waals surface area contributed by atoms with E-state index in [-0.39, 0.29) is 0 Å². The van der Waals surface area contributed by atoms with Crippen molar-refractivity contribution in [1.29, 1.82) is 0 Å². The van der Waals surface area contributed by atoms with E-state index in [4.69, 9.17) is 0 Å². The first-order valence-electron chi connectivity index (χ1n) is 13.5. The van der Waals surface area contributed by atoms with E-state index in [1.807, 2.05) is 0 Å². The van der Waals surface area contributed by atoms with Gasteiger partial charge in [0, 0.05) is 40.3 Å². The maximum atomic E-state index is 2.67. The van der Waals surface area contributed by atoms with E-state index in [1.165, 1.54) is 66.1 Å². The van der Waals surface area contributed by atoms with E-state index in [1.54, 1.807) is 27.8 Å². The van der Waals surface area contributed by atoms with E-state index >= 15 is 0 Å². The fraction of sp³-hybridized carbons (Fsp3) is 0.235. The molecular formula is C34H28N2. The standard InChI is InChI=1S/C34H28N2/c1-3-7-25(8-4-1)35-31-17-23-13-11-21(23)15-27(31)29-19-30-28-16-22-12-14-24(22)18-32(28)36(34(30)20-33(29)35)26-9-5-2-6-10-26/h1-10,15,17-20,28-29,33H,11-14,16H2. The monoisotopic (exact) mass is 464 g/mol. The van der Waals surface area contributed by atoms with Crippen LogP contribution in [0.2, 0.25) is 0 Å². The van der Waals surface area contributed by atoms with Crippen molar-refractivity contribution in [2.45, 2.75) is 44.1 Å². The van der Waals surface area contributed by atoms with Crippen molar-refractivity contribution in [3.63, 3.8) is 0 Å². The van der Waals surface area contributed by atoms with Gasteiger partial charge < -0.3 is 9.80 Å². The van der Waals surface area contributed by atoms with Gasteiger partial charge in [0.05, 0.1) is 6.04 Å². The van der Waals surface area contributed by atoms with Crippen LogP contribution < -0.4 is 9.80 Å². The molecule has 0 amide bonds. The van der Waals surface area contributed by atoms with E-state index in [9.17, 15) is 0 Å². The highest BCUT2D eigenvalue weighted by atomic mass is 15.2. The third-order valence-corrected chi connectivity index (χ3v) is 9.48. The average molecular weight is 465 g/mol. The molecule has 0 saturated carbocycles. The Morgan fingerprint density at radius 3 is 2.19 bits per heavy atom. The van der Waals surface area contributed by atoms with Crippen molar-refractivity contribution >= 4 is 17.1 Å². The van der Waals surface area contributed by atoms with Crippen molar-refractivity contribution < 1.29 is 0 Å². The molecule has 0 spiro atoms. The first-order chi connectivity index (χ1) is 17.8. The lowest BCUT2D eigenvalue weighted by molar-refractivity contribution is 0.628. The van der Waals surface area contributed by atoms with Gasteiger partial charge in [-0.1, -0.05) is 54.1 Å². The van der Waals surface area contributed by atoms with Crippen molar-refractivity contribution in [3.05, 3.63) is 136 Å². The summed E-state index contributed by atoms with van der Waals surface area (Å²) in [5, 5.41) is 0.